The SMILES string of the molecule is CCC(C)(C)NC(=O)C(C)N1CCOC(CC(=O)O)C1. The Kier molecular flexibility index (Phi) is 5.95. The van der Waals surface area contributed by atoms with Crippen LogP contribution in [0, 0.1) is 0 Å². The molecule has 1 amide bonds. The van der Waals surface area contributed by atoms with Crippen molar-refractivity contribution in [2.45, 2.75) is 58.2 Å². The summed E-state index contributed by atoms with van der Waals surface area (Å²) >= 11 is 0. The van der Waals surface area contributed by atoms with Crippen LogP contribution in [0.4, 0.5) is 0 Å². The topological polar surface area (TPSA) is 78.9 Å². The van der Waals surface area contributed by atoms with Crippen molar-refractivity contribution in [1.29, 1.82) is 0 Å². The number of carbonyl (C=O) groups is 2. The van der Waals surface area contributed by atoms with E-state index in [0.29, 0.717) is 19.7 Å². The van der Waals surface area contributed by atoms with Gasteiger partial charge in [0.2, 0.25) is 5.91 Å². The fourth-order valence-electron chi connectivity index (χ4n) is 2.10. The van der Waals surface area contributed by atoms with Gasteiger partial charge in [0, 0.05) is 18.6 Å². The average molecular weight is 286 g/mol. The van der Waals surface area contributed by atoms with E-state index in [9.17, 15) is 9.59 Å². The van der Waals surface area contributed by atoms with Crippen molar-refractivity contribution >= 4 is 11.9 Å². The molecule has 0 aromatic carbocycles. The van der Waals surface area contributed by atoms with E-state index in [1.54, 1.807) is 0 Å². The molecule has 2 N–H and O–H groups in total. The van der Waals surface area contributed by atoms with Crippen molar-refractivity contribution in [2.75, 3.05) is 19.7 Å². The Bertz CT molecular complexity index is 357. The van der Waals surface area contributed by atoms with Gasteiger partial charge in [-0.25, -0.2) is 0 Å². The maximum atomic E-state index is 12.2. The van der Waals surface area contributed by atoms with E-state index in [1.165, 1.54) is 0 Å². The number of nitrogens with zero attached hydrogens (tertiary/aromatic N) is 1. The molecule has 0 aromatic rings. The summed E-state index contributed by atoms with van der Waals surface area (Å²) in [4.78, 5) is 24.9. The first-order valence-electron chi connectivity index (χ1n) is 7.14. The molecular weight excluding hydrogens is 260 g/mol. The lowest BCUT2D eigenvalue weighted by atomic mass is 10.0. The van der Waals surface area contributed by atoms with Gasteiger partial charge in [-0.1, -0.05) is 6.92 Å². The largest absolute Gasteiger partial charge is 0.481 e. The Balaban J connectivity index is 2.55. The second-order valence-corrected chi connectivity index (χ2v) is 5.99. The zero-order valence-corrected chi connectivity index (χ0v) is 12.8. The molecule has 0 spiro atoms. The lowest BCUT2D eigenvalue weighted by Gasteiger charge is -2.37. The summed E-state index contributed by atoms with van der Waals surface area (Å²) in [5, 5.41) is 11.8. The summed E-state index contributed by atoms with van der Waals surface area (Å²) in [5.41, 5.74) is -0.224. The van der Waals surface area contributed by atoms with Gasteiger partial charge >= 0.3 is 5.97 Å². The average Bonchev–Trinajstić information content (AvgIpc) is 2.37. The van der Waals surface area contributed by atoms with Gasteiger partial charge in [0.15, 0.2) is 0 Å². The lowest BCUT2D eigenvalue weighted by molar-refractivity contribution is -0.143. The normalized spacial score (nSPS) is 22.3. The third-order valence-electron chi connectivity index (χ3n) is 3.85. The molecule has 1 rings (SSSR count). The van der Waals surface area contributed by atoms with Crippen molar-refractivity contribution in [1.82, 2.24) is 10.2 Å². The van der Waals surface area contributed by atoms with Gasteiger partial charge in [0.25, 0.3) is 0 Å². The van der Waals surface area contributed by atoms with Gasteiger partial charge in [0.05, 0.1) is 25.2 Å². The summed E-state index contributed by atoms with van der Waals surface area (Å²) in [6.45, 7) is 9.46. The van der Waals surface area contributed by atoms with Crippen molar-refractivity contribution < 1.29 is 19.4 Å². The number of amides is 1. The maximum Gasteiger partial charge on any atom is 0.306 e. The predicted molar refractivity (Wildman–Crippen MR) is 75.5 cm³/mol. The molecule has 1 saturated heterocycles. The van der Waals surface area contributed by atoms with Crippen molar-refractivity contribution in [3.63, 3.8) is 0 Å². The minimum absolute atomic E-state index is 0.0205. The molecule has 6 heteroatoms. The molecule has 1 fully saturated rings. The highest BCUT2D eigenvalue weighted by Crippen LogP contribution is 2.14. The maximum absolute atomic E-state index is 12.2. The molecule has 0 saturated carbocycles. The van der Waals surface area contributed by atoms with Crippen molar-refractivity contribution in [3.05, 3.63) is 0 Å². The highest BCUT2D eigenvalue weighted by Gasteiger charge is 2.30. The third-order valence-corrected chi connectivity index (χ3v) is 3.85. The fourth-order valence-corrected chi connectivity index (χ4v) is 2.10. The van der Waals surface area contributed by atoms with Crippen LogP contribution in [0.15, 0.2) is 0 Å². The molecular formula is C14H26N2O4. The molecule has 20 heavy (non-hydrogen) atoms. The first-order valence-corrected chi connectivity index (χ1v) is 7.14. The van der Waals surface area contributed by atoms with Crippen molar-refractivity contribution in [3.8, 4) is 0 Å². The Labute approximate surface area is 120 Å². The molecule has 6 nitrogen and oxygen atoms in total. The minimum atomic E-state index is -0.874. The van der Waals surface area contributed by atoms with Crippen LogP contribution in [-0.2, 0) is 14.3 Å². The summed E-state index contributed by atoms with van der Waals surface area (Å²) in [6.07, 6.45) is 0.497. The standard InChI is InChI=1S/C14H26N2O4/c1-5-14(3,4)15-13(19)10(2)16-6-7-20-11(9-16)8-12(17)18/h10-11H,5-9H2,1-4H3,(H,15,19)(H,17,18). The molecule has 2 unspecified atom stereocenters. The molecule has 1 heterocycles. The van der Waals surface area contributed by atoms with Crippen LogP contribution in [0.5, 0.6) is 0 Å². The molecule has 1 aliphatic heterocycles. The smallest absolute Gasteiger partial charge is 0.306 e. The number of nitrogens with one attached hydrogen (secondary N) is 1. The number of hydrogen-bond donors (Lipinski definition) is 2. The lowest BCUT2D eigenvalue weighted by Crippen LogP contribution is -2.55. The molecule has 116 valence electrons. The summed E-state index contributed by atoms with van der Waals surface area (Å²) in [5.74, 6) is -0.895. The van der Waals surface area contributed by atoms with Crippen LogP contribution in [0.1, 0.15) is 40.5 Å². The Morgan fingerprint density at radius 3 is 2.70 bits per heavy atom. The molecule has 0 radical (unpaired) electrons. The highest BCUT2D eigenvalue weighted by molar-refractivity contribution is 5.82. The number of hydrogen-bond acceptors (Lipinski definition) is 4. The van der Waals surface area contributed by atoms with E-state index in [0.717, 1.165) is 6.42 Å². The van der Waals surface area contributed by atoms with Crippen LogP contribution in [0.2, 0.25) is 0 Å². The Morgan fingerprint density at radius 2 is 2.15 bits per heavy atom. The number of ether oxygens (including phenoxy) is 1. The minimum Gasteiger partial charge on any atom is -0.481 e. The molecule has 0 aliphatic carbocycles. The van der Waals surface area contributed by atoms with E-state index in [-0.39, 0.29) is 30.0 Å². The van der Waals surface area contributed by atoms with Gasteiger partial charge in [0.1, 0.15) is 0 Å². The third kappa shape index (κ3) is 5.09. The summed E-state index contributed by atoms with van der Waals surface area (Å²) in [7, 11) is 0. The van der Waals surface area contributed by atoms with Gasteiger partial charge in [-0.3, -0.25) is 14.5 Å². The molecule has 2 atom stereocenters. The highest BCUT2D eigenvalue weighted by atomic mass is 16.5. The van der Waals surface area contributed by atoms with Crippen LogP contribution >= 0.6 is 0 Å². The molecule has 0 aromatic heterocycles. The van der Waals surface area contributed by atoms with Crippen LogP contribution in [-0.4, -0.2) is 59.3 Å². The van der Waals surface area contributed by atoms with Gasteiger partial charge in [-0.05, 0) is 27.2 Å². The number of rotatable bonds is 6. The zero-order chi connectivity index (χ0) is 15.3. The first kappa shape index (κ1) is 16.9. The van der Waals surface area contributed by atoms with E-state index < -0.39 is 5.97 Å². The number of aliphatic carboxylic acids is 1. The predicted octanol–water partition coefficient (Wildman–Crippen LogP) is 0.855. The van der Waals surface area contributed by atoms with Crippen LogP contribution in [0.3, 0.4) is 0 Å². The Morgan fingerprint density at radius 1 is 1.50 bits per heavy atom. The van der Waals surface area contributed by atoms with Crippen LogP contribution < -0.4 is 5.32 Å². The van der Waals surface area contributed by atoms with Gasteiger partial charge in [-0.2, -0.15) is 0 Å². The van der Waals surface area contributed by atoms with Crippen molar-refractivity contribution in [2.24, 2.45) is 0 Å². The van der Waals surface area contributed by atoms with E-state index in [2.05, 4.69) is 5.32 Å². The summed E-state index contributed by atoms with van der Waals surface area (Å²) in [6, 6.07) is -0.277. The van der Waals surface area contributed by atoms with Gasteiger partial charge < -0.3 is 15.2 Å². The molecule has 0 bridgehead atoms. The van der Waals surface area contributed by atoms with E-state index in [4.69, 9.17) is 9.84 Å². The van der Waals surface area contributed by atoms with Crippen LogP contribution in [0.25, 0.3) is 0 Å². The second-order valence-electron chi connectivity index (χ2n) is 5.99. The fraction of sp³-hybridized carbons (Fsp3) is 0.857. The quantitative estimate of drug-likeness (QED) is 0.757. The van der Waals surface area contributed by atoms with Gasteiger partial charge in [-0.15, -0.1) is 0 Å². The zero-order valence-electron chi connectivity index (χ0n) is 12.8. The first-order chi connectivity index (χ1) is 9.25. The second kappa shape index (κ2) is 7.04. The summed E-state index contributed by atoms with van der Waals surface area (Å²) < 4.78 is 5.42. The number of carboxylic acids is 1. The molecule has 1 aliphatic rings. The Hall–Kier alpha value is -1.14. The van der Waals surface area contributed by atoms with E-state index in [1.807, 2.05) is 32.6 Å². The number of carboxylic acid groups (broad SMARTS) is 1. The number of carbonyl (C=O) groups excluding carboxylic acids is 1. The monoisotopic (exact) mass is 286 g/mol. The van der Waals surface area contributed by atoms with E-state index >= 15 is 0 Å². The number of morpholine rings is 1.